The molecule has 1 aliphatic heterocycles. The molecular formula is C20H21NO. The zero-order valence-electron chi connectivity index (χ0n) is 13.0. The van der Waals surface area contributed by atoms with Gasteiger partial charge in [-0.15, -0.1) is 0 Å². The van der Waals surface area contributed by atoms with E-state index >= 15 is 0 Å². The first kappa shape index (κ1) is 13.6. The molecule has 1 saturated carbocycles. The summed E-state index contributed by atoms with van der Waals surface area (Å²) in [6.45, 7) is 0. The monoisotopic (exact) mass is 291 g/mol. The Labute approximate surface area is 131 Å². The molecule has 1 heterocycles. The van der Waals surface area contributed by atoms with Crippen molar-refractivity contribution in [1.82, 2.24) is 0 Å². The van der Waals surface area contributed by atoms with E-state index in [-0.39, 0.29) is 5.41 Å². The number of hydrogen-bond acceptors (Lipinski definition) is 2. The zero-order chi connectivity index (χ0) is 15.0. The van der Waals surface area contributed by atoms with Crippen LogP contribution < -0.4 is 4.74 Å². The molecule has 4 rings (SSSR count). The third-order valence-corrected chi connectivity index (χ3v) is 5.18. The Bertz CT molecular complexity index is 709. The van der Waals surface area contributed by atoms with Gasteiger partial charge in [-0.2, -0.15) is 0 Å². The SMILES string of the molecule is COc1ccc(C2=Nc3ccccc3C23CCCCC3)cc1. The topological polar surface area (TPSA) is 21.6 Å². The third-order valence-electron chi connectivity index (χ3n) is 5.18. The second kappa shape index (κ2) is 5.28. The third kappa shape index (κ3) is 1.98. The van der Waals surface area contributed by atoms with Crippen molar-refractivity contribution in [3.63, 3.8) is 0 Å². The summed E-state index contributed by atoms with van der Waals surface area (Å²) in [7, 11) is 1.71. The normalized spacial score (nSPS) is 18.9. The largest absolute Gasteiger partial charge is 0.497 e. The van der Waals surface area contributed by atoms with E-state index in [1.54, 1.807) is 7.11 Å². The Hall–Kier alpha value is -2.09. The summed E-state index contributed by atoms with van der Waals surface area (Å²) >= 11 is 0. The molecule has 1 spiro atoms. The van der Waals surface area contributed by atoms with E-state index in [9.17, 15) is 0 Å². The lowest BCUT2D eigenvalue weighted by atomic mass is 9.66. The zero-order valence-corrected chi connectivity index (χ0v) is 13.0. The Kier molecular flexibility index (Phi) is 3.25. The lowest BCUT2D eigenvalue weighted by Crippen LogP contribution is -2.36. The Morgan fingerprint density at radius 2 is 1.64 bits per heavy atom. The fraction of sp³-hybridized carbons (Fsp3) is 0.350. The van der Waals surface area contributed by atoms with Gasteiger partial charge in [0.15, 0.2) is 0 Å². The average molecular weight is 291 g/mol. The van der Waals surface area contributed by atoms with Crippen molar-refractivity contribution in [1.29, 1.82) is 0 Å². The summed E-state index contributed by atoms with van der Waals surface area (Å²) in [6, 6.07) is 17.1. The van der Waals surface area contributed by atoms with Crippen molar-refractivity contribution in [2.45, 2.75) is 37.5 Å². The fourth-order valence-electron chi connectivity index (χ4n) is 4.08. The van der Waals surface area contributed by atoms with Gasteiger partial charge in [-0.05, 0) is 54.3 Å². The number of aliphatic imine (C=N–C) groups is 1. The molecule has 1 fully saturated rings. The summed E-state index contributed by atoms with van der Waals surface area (Å²) in [5.74, 6) is 0.901. The lowest BCUT2D eigenvalue weighted by Gasteiger charge is -2.36. The van der Waals surface area contributed by atoms with Gasteiger partial charge in [-0.1, -0.05) is 37.5 Å². The van der Waals surface area contributed by atoms with E-state index in [4.69, 9.17) is 9.73 Å². The lowest BCUT2D eigenvalue weighted by molar-refractivity contribution is 0.386. The van der Waals surface area contributed by atoms with Crippen LogP contribution in [0, 0.1) is 0 Å². The first-order chi connectivity index (χ1) is 10.8. The number of ether oxygens (including phenoxy) is 1. The predicted octanol–water partition coefficient (Wildman–Crippen LogP) is 5.03. The van der Waals surface area contributed by atoms with Crippen LogP contribution in [0.2, 0.25) is 0 Å². The average Bonchev–Trinajstić information content (AvgIpc) is 2.90. The summed E-state index contributed by atoms with van der Waals surface area (Å²) in [5.41, 5.74) is 5.22. The maximum Gasteiger partial charge on any atom is 0.118 e. The predicted molar refractivity (Wildman–Crippen MR) is 90.4 cm³/mol. The molecule has 22 heavy (non-hydrogen) atoms. The standard InChI is InChI=1S/C20H21NO/c1-22-16-11-9-15(10-12-16)19-20(13-5-2-6-14-20)17-7-3-4-8-18(17)21-19/h3-4,7-12H,2,5-6,13-14H2,1H3. The van der Waals surface area contributed by atoms with Crippen molar-refractivity contribution in [3.05, 3.63) is 59.7 Å². The van der Waals surface area contributed by atoms with Crippen LogP contribution in [0.25, 0.3) is 0 Å². The van der Waals surface area contributed by atoms with Gasteiger partial charge in [0, 0.05) is 5.41 Å². The molecule has 0 atom stereocenters. The molecule has 0 N–H and O–H groups in total. The maximum atomic E-state index is 5.29. The Morgan fingerprint density at radius 3 is 2.36 bits per heavy atom. The highest BCUT2D eigenvalue weighted by molar-refractivity contribution is 6.12. The highest BCUT2D eigenvalue weighted by Crippen LogP contribution is 2.50. The van der Waals surface area contributed by atoms with Gasteiger partial charge in [0.1, 0.15) is 5.75 Å². The summed E-state index contributed by atoms with van der Waals surface area (Å²) in [6.07, 6.45) is 6.37. The smallest absolute Gasteiger partial charge is 0.118 e. The quantitative estimate of drug-likeness (QED) is 0.760. The summed E-state index contributed by atoms with van der Waals surface area (Å²) in [4.78, 5) is 5.03. The second-order valence-corrected chi connectivity index (χ2v) is 6.35. The van der Waals surface area contributed by atoms with Gasteiger partial charge >= 0.3 is 0 Å². The first-order valence-corrected chi connectivity index (χ1v) is 8.17. The summed E-state index contributed by atoms with van der Waals surface area (Å²) in [5, 5.41) is 0. The fourth-order valence-corrected chi connectivity index (χ4v) is 4.08. The maximum absolute atomic E-state index is 5.29. The number of fused-ring (bicyclic) bond motifs is 2. The molecule has 2 nitrogen and oxygen atoms in total. The van der Waals surface area contributed by atoms with Gasteiger partial charge in [0.25, 0.3) is 0 Å². The Balaban J connectivity index is 1.83. The van der Waals surface area contributed by atoms with Crippen LogP contribution in [0.15, 0.2) is 53.5 Å². The molecule has 112 valence electrons. The number of methoxy groups -OCH3 is 1. The van der Waals surface area contributed by atoms with Crippen molar-refractivity contribution >= 4 is 11.4 Å². The van der Waals surface area contributed by atoms with E-state index in [0.717, 1.165) is 11.4 Å². The van der Waals surface area contributed by atoms with E-state index in [0.29, 0.717) is 0 Å². The molecule has 0 saturated heterocycles. The van der Waals surface area contributed by atoms with Crippen molar-refractivity contribution < 1.29 is 4.74 Å². The van der Waals surface area contributed by atoms with Crippen molar-refractivity contribution in [2.24, 2.45) is 4.99 Å². The van der Waals surface area contributed by atoms with E-state index in [1.807, 2.05) is 12.1 Å². The van der Waals surface area contributed by atoms with Crippen molar-refractivity contribution in [3.8, 4) is 5.75 Å². The molecule has 2 aliphatic rings. The molecule has 2 heteroatoms. The number of hydrogen-bond donors (Lipinski definition) is 0. The van der Waals surface area contributed by atoms with Gasteiger partial charge in [-0.25, -0.2) is 0 Å². The molecule has 2 aromatic rings. The van der Waals surface area contributed by atoms with Crippen LogP contribution >= 0.6 is 0 Å². The van der Waals surface area contributed by atoms with Crippen LogP contribution in [-0.4, -0.2) is 12.8 Å². The minimum atomic E-state index is 0.128. The Morgan fingerprint density at radius 1 is 0.909 bits per heavy atom. The minimum absolute atomic E-state index is 0.128. The molecule has 1 aliphatic carbocycles. The molecule has 0 unspecified atom stereocenters. The molecular weight excluding hydrogens is 270 g/mol. The van der Waals surface area contributed by atoms with Crippen LogP contribution in [0.5, 0.6) is 5.75 Å². The van der Waals surface area contributed by atoms with Crippen LogP contribution in [-0.2, 0) is 5.41 Å². The van der Waals surface area contributed by atoms with Gasteiger partial charge in [0.2, 0.25) is 0 Å². The molecule has 2 aromatic carbocycles. The van der Waals surface area contributed by atoms with Gasteiger partial charge in [-0.3, -0.25) is 4.99 Å². The first-order valence-electron chi connectivity index (χ1n) is 8.17. The highest BCUT2D eigenvalue weighted by atomic mass is 16.5. The van der Waals surface area contributed by atoms with E-state index in [1.165, 1.54) is 48.9 Å². The van der Waals surface area contributed by atoms with Crippen LogP contribution in [0.1, 0.15) is 43.2 Å². The van der Waals surface area contributed by atoms with Gasteiger partial charge in [0.05, 0.1) is 18.5 Å². The molecule has 0 aromatic heterocycles. The van der Waals surface area contributed by atoms with E-state index < -0.39 is 0 Å². The summed E-state index contributed by atoms with van der Waals surface area (Å²) < 4.78 is 5.29. The number of nitrogens with zero attached hydrogens (tertiary/aromatic N) is 1. The second-order valence-electron chi connectivity index (χ2n) is 6.35. The molecule has 0 bridgehead atoms. The van der Waals surface area contributed by atoms with Crippen LogP contribution in [0.4, 0.5) is 5.69 Å². The van der Waals surface area contributed by atoms with Gasteiger partial charge < -0.3 is 4.74 Å². The van der Waals surface area contributed by atoms with E-state index in [2.05, 4.69) is 36.4 Å². The highest BCUT2D eigenvalue weighted by Gasteiger charge is 2.44. The van der Waals surface area contributed by atoms with Crippen molar-refractivity contribution in [2.75, 3.05) is 7.11 Å². The molecule has 0 radical (unpaired) electrons. The molecule has 0 amide bonds. The minimum Gasteiger partial charge on any atom is -0.497 e. The van der Waals surface area contributed by atoms with Crippen LogP contribution in [0.3, 0.4) is 0 Å². The number of rotatable bonds is 2. The number of para-hydroxylation sites is 1. The number of benzene rings is 2.